The number of amides is 1. The van der Waals surface area contributed by atoms with Gasteiger partial charge in [-0.2, -0.15) is 0 Å². The number of rotatable bonds is 4. The lowest BCUT2D eigenvalue weighted by Crippen LogP contribution is -2.15. The van der Waals surface area contributed by atoms with Crippen molar-refractivity contribution >= 4 is 56.5 Å². The van der Waals surface area contributed by atoms with Crippen LogP contribution >= 0.6 is 39.1 Å². The van der Waals surface area contributed by atoms with Gasteiger partial charge in [-0.3, -0.25) is 4.79 Å². The smallest absolute Gasteiger partial charge is 0.275 e. The third kappa shape index (κ3) is 4.09. The molecule has 1 heterocycles. The summed E-state index contributed by atoms with van der Waals surface area (Å²) in [6, 6.07) is 8.46. The zero-order valence-electron chi connectivity index (χ0n) is 11.1. The van der Waals surface area contributed by atoms with Crippen LogP contribution in [-0.4, -0.2) is 17.4 Å². The molecule has 0 radical (unpaired) electrons. The van der Waals surface area contributed by atoms with Crippen LogP contribution in [0.5, 0.6) is 0 Å². The highest BCUT2D eigenvalue weighted by Crippen LogP contribution is 2.26. The van der Waals surface area contributed by atoms with Crippen molar-refractivity contribution < 1.29 is 4.79 Å². The van der Waals surface area contributed by atoms with E-state index >= 15 is 0 Å². The monoisotopic (exact) mass is 387 g/mol. The number of nitrogens with one attached hydrogen (secondary N) is 2. The quantitative estimate of drug-likeness (QED) is 0.788. The first-order valence-electron chi connectivity index (χ1n) is 6.18. The third-order valence-electron chi connectivity index (χ3n) is 2.60. The topological polar surface area (TPSA) is 54.0 Å². The summed E-state index contributed by atoms with van der Waals surface area (Å²) in [4.78, 5) is 16.5. The predicted octanol–water partition coefficient (Wildman–Crippen LogP) is 4.84. The Balaban J connectivity index is 2.23. The van der Waals surface area contributed by atoms with Crippen molar-refractivity contribution in [3.63, 3.8) is 0 Å². The zero-order valence-corrected chi connectivity index (χ0v) is 14.2. The number of hydrogen-bond donors (Lipinski definition) is 2. The van der Waals surface area contributed by atoms with E-state index in [9.17, 15) is 4.79 Å². The summed E-state index contributed by atoms with van der Waals surface area (Å²) in [5.74, 6) is 0.221. The number of carbonyl (C=O) groups is 1. The van der Waals surface area contributed by atoms with E-state index in [4.69, 9.17) is 23.2 Å². The molecule has 0 bridgehead atoms. The minimum absolute atomic E-state index is 0.168. The molecule has 1 aromatic heterocycles. The van der Waals surface area contributed by atoms with E-state index in [1.807, 2.05) is 6.92 Å². The summed E-state index contributed by atoms with van der Waals surface area (Å²) < 4.78 is 0.697. The molecule has 0 saturated carbocycles. The molecule has 0 aliphatic carbocycles. The fraction of sp³-hybridized carbons (Fsp3) is 0.143. The molecular formula is C14H12BrCl2N3O. The molecule has 1 amide bonds. The van der Waals surface area contributed by atoms with Crippen molar-refractivity contribution in [1.29, 1.82) is 0 Å². The number of pyridine rings is 1. The lowest BCUT2D eigenvalue weighted by Gasteiger charge is -2.09. The number of anilines is 2. The second-order valence-electron chi connectivity index (χ2n) is 4.14. The Morgan fingerprint density at radius 3 is 2.62 bits per heavy atom. The van der Waals surface area contributed by atoms with Crippen molar-refractivity contribution in [2.24, 2.45) is 0 Å². The maximum absolute atomic E-state index is 12.3. The number of aromatic nitrogens is 1. The second-order valence-corrected chi connectivity index (χ2v) is 5.81. The SMILES string of the molecule is CCNc1ccc(Cl)c(C(=O)Nc2ccc(Cl)c(Br)c2)n1. The summed E-state index contributed by atoms with van der Waals surface area (Å²) in [6.45, 7) is 2.65. The Kier molecular flexibility index (Phi) is 5.45. The van der Waals surface area contributed by atoms with Crippen molar-refractivity contribution in [1.82, 2.24) is 4.98 Å². The van der Waals surface area contributed by atoms with Gasteiger partial charge >= 0.3 is 0 Å². The van der Waals surface area contributed by atoms with Crippen molar-refractivity contribution in [3.8, 4) is 0 Å². The lowest BCUT2D eigenvalue weighted by atomic mass is 10.3. The zero-order chi connectivity index (χ0) is 15.4. The van der Waals surface area contributed by atoms with Crippen LogP contribution in [0.25, 0.3) is 0 Å². The van der Waals surface area contributed by atoms with Crippen molar-refractivity contribution in [2.75, 3.05) is 17.2 Å². The number of halogens is 3. The lowest BCUT2D eigenvalue weighted by molar-refractivity contribution is 0.102. The van der Waals surface area contributed by atoms with Crippen molar-refractivity contribution in [3.05, 3.63) is 50.5 Å². The predicted molar refractivity (Wildman–Crippen MR) is 90.5 cm³/mol. The second kappa shape index (κ2) is 7.11. The molecule has 0 atom stereocenters. The first-order chi connectivity index (χ1) is 10.0. The fourth-order valence-corrected chi connectivity index (χ4v) is 2.33. The van der Waals surface area contributed by atoms with E-state index in [2.05, 4.69) is 31.5 Å². The van der Waals surface area contributed by atoms with E-state index in [-0.39, 0.29) is 11.6 Å². The van der Waals surface area contributed by atoms with Crippen LogP contribution in [0.15, 0.2) is 34.8 Å². The first-order valence-corrected chi connectivity index (χ1v) is 7.73. The number of benzene rings is 1. The van der Waals surface area contributed by atoms with Gasteiger partial charge < -0.3 is 10.6 Å². The Labute approximate surface area is 141 Å². The van der Waals surface area contributed by atoms with Gasteiger partial charge in [0.05, 0.1) is 10.0 Å². The number of carbonyl (C=O) groups excluding carboxylic acids is 1. The molecular weight excluding hydrogens is 377 g/mol. The molecule has 0 fully saturated rings. The van der Waals surface area contributed by atoms with Crippen LogP contribution in [0.2, 0.25) is 10.0 Å². The molecule has 4 nitrogen and oxygen atoms in total. The molecule has 0 aliphatic heterocycles. The average Bonchev–Trinajstić information content (AvgIpc) is 2.45. The normalized spacial score (nSPS) is 10.3. The molecule has 2 rings (SSSR count). The van der Waals surface area contributed by atoms with Gasteiger partial charge in [0.25, 0.3) is 5.91 Å². The Morgan fingerprint density at radius 1 is 1.24 bits per heavy atom. The van der Waals surface area contributed by atoms with E-state index in [1.54, 1.807) is 30.3 Å². The van der Waals surface area contributed by atoms with Gasteiger partial charge in [0, 0.05) is 16.7 Å². The van der Waals surface area contributed by atoms with Gasteiger partial charge in [-0.05, 0) is 53.2 Å². The van der Waals surface area contributed by atoms with Crippen molar-refractivity contribution in [2.45, 2.75) is 6.92 Å². The molecule has 7 heteroatoms. The number of nitrogens with zero attached hydrogens (tertiary/aromatic N) is 1. The molecule has 2 N–H and O–H groups in total. The summed E-state index contributed by atoms with van der Waals surface area (Å²) in [5, 5.41) is 6.63. The van der Waals surface area contributed by atoms with Crippen LogP contribution in [-0.2, 0) is 0 Å². The molecule has 0 spiro atoms. The summed E-state index contributed by atoms with van der Waals surface area (Å²) >= 11 is 15.3. The van der Waals surface area contributed by atoms with E-state index in [0.717, 1.165) is 0 Å². The average molecular weight is 389 g/mol. The standard InChI is InChI=1S/C14H12BrCl2N3O/c1-2-18-12-6-5-11(17)13(20-12)14(21)19-8-3-4-10(16)9(15)7-8/h3-7H,2H2,1H3,(H,18,20)(H,19,21). The molecule has 21 heavy (non-hydrogen) atoms. The summed E-state index contributed by atoms with van der Waals surface area (Å²) in [6.07, 6.45) is 0. The molecule has 1 aromatic carbocycles. The molecule has 0 saturated heterocycles. The van der Waals surface area contributed by atoms with Crippen LogP contribution in [0.1, 0.15) is 17.4 Å². The van der Waals surface area contributed by atoms with Gasteiger partial charge in [-0.15, -0.1) is 0 Å². The summed E-state index contributed by atoms with van der Waals surface area (Å²) in [7, 11) is 0. The van der Waals surface area contributed by atoms with Gasteiger partial charge in [-0.1, -0.05) is 23.2 Å². The largest absolute Gasteiger partial charge is 0.370 e. The number of hydrogen-bond acceptors (Lipinski definition) is 3. The van der Waals surface area contributed by atoms with Gasteiger partial charge in [0.1, 0.15) is 11.5 Å². The minimum atomic E-state index is -0.381. The van der Waals surface area contributed by atoms with Crippen LogP contribution < -0.4 is 10.6 Å². The Morgan fingerprint density at radius 2 is 1.95 bits per heavy atom. The van der Waals surface area contributed by atoms with Crippen LogP contribution in [0, 0.1) is 0 Å². The highest BCUT2D eigenvalue weighted by Gasteiger charge is 2.14. The van der Waals surface area contributed by atoms with Gasteiger partial charge in [-0.25, -0.2) is 4.98 Å². The Bertz CT molecular complexity index is 679. The Hall–Kier alpha value is -1.30. The van der Waals surface area contributed by atoms with Crippen LogP contribution in [0.3, 0.4) is 0 Å². The van der Waals surface area contributed by atoms with E-state index < -0.39 is 0 Å². The van der Waals surface area contributed by atoms with Gasteiger partial charge in [0.2, 0.25) is 0 Å². The van der Waals surface area contributed by atoms with Gasteiger partial charge in [0.15, 0.2) is 0 Å². The van der Waals surface area contributed by atoms with E-state index in [0.29, 0.717) is 32.6 Å². The molecule has 110 valence electrons. The minimum Gasteiger partial charge on any atom is -0.370 e. The molecule has 0 aliphatic rings. The first kappa shape index (κ1) is 16.1. The maximum atomic E-state index is 12.3. The molecule has 0 unspecified atom stereocenters. The highest BCUT2D eigenvalue weighted by molar-refractivity contribution is 9.10. The summed E-state index contributed by atoms with van der Waals surface area (Å²) in [5.41, 5.74) is 0.768. The molecule has 2 aromatic rings. The van der Waals surface area contributed by atoms with E-state index in [1.165, 1.54) is 0 Å². The third-order valence-corrected chi connectivity index (χ3v) is 4.12. The fourth-order valence-electron chi connectivity index (χ4n) is 1.65. The highest BCUT2D eigenvalue weighted by atomic mass is 79.9. The maximum Gasteiger partial charge on any atom is 0.275 e. The van der Waals surface area contributed by atoms with Crippen LogP contribution in [0.4, 0.5) is 11.5 Å².